The average molecular weight is 291 g/mol. The smallest absolute Gasteiger partial charge is 0.145 e. The van der Waals surface area contributed by atoms with Crippen LogP contribution in [0.1, 0.15) is 58.7 Å². The topological polar surface area (TPSA) is 67.1 Å². The van der Waals surface area contributed by atoms with E-state index in [-0.39, 0.29) is 0 Å². The summed E-state index contributed by atoms with van der Waals surface area (Å²) in [4.78, 5) is 11.6. The number of hydrogen-bond donors (Lipinski definition) is 2. The van der Waals surface area contributed by atoms with Gasteiger partial charge in [0.2, 0.25) is 0 Å². The molecule has 1 saturated carbocycles. The van der Waals surface area contributed by atoms with Crippen LogP contribution in [0.4, 0.5) is 11.6 Å². The Balaban J connectivity index is 2.25. The van der Waals surface area contributed by atoms with Crippen LogP contribution < -0.4 is 16.2 Å². The van der Waals surface area contributed by atoms with E-state index in [0.717, 1.165) is 24.6 Å². The molecule has 1 aliphatic rings. The van der Waals surface area contributed by atoms with Crippen molar-refractivity contribution in [3.63, 3.8) is 0 Å². The lowest BCUT2D eigenvalue weighted by Crippen LogP contribution is -2.35. The van der Waals surface area contributed by atoms with Crippen LogP contribution in [0, 0.1) is 5.92 Å². The molecule has 1 aliphatic carbocycles. The molecule has 0 radical (unpaired) electrons. The number of nitrogen functional groups attached to an aromatic ring is 1. The normalized spacial score (nSPS) is 15.7. The van der Waals surface area contributed by atoms with Gasteiger partial charge in [-0.2, -0.15) is 0 Å². The van der Waals surface area contributed by atoms with Gasteiger partial charge in [0.25, 0.3) is 0 Å². The molecule has 1 aromatic rings. The quantitative estimate of drug-likeness (QED) is 0.597. The van der Waals surface area contributed by atoms with Crippen molar-refractivity contribution in [3.8, 4) is 0 Å². The van der Waals surface area contributed by atoms with Gasteiger partial charge in [-0.3, -0.25) is 0 Å². The third-order valence-corrected chi connectivity index (χ3v) is 4.23. The fraction of sp³-hybridized carbons (Fsp3) is 0.750. The van der Waals surface area contributed by atoms with Gasteiger partial charge in [-0.05, 0) is 25.2 Å². The molecule has 1 aromatic heterocycles. The zero-order valence-electron chi connectivity index (χ0n) is 13.6. The molecule has 5 heteroatoms. The molecule has 2 rings (SSSR count). The summed E-state index contributed by atoms with van der Waals surface area (Å²) >= 11 is 0. The van der Waals surface area contributed by atoms with Gasteiger partial charge >= 0.3 is 0 Å². The maximum atomic E-state index is 5.56. The third-order valence-electron chi connectivity index (χ3n) is 4.23. The number of nitrogens with zero attached hydrogens (tertiary/aromatic N) is 3. The van der Waals surface area contributed by atoms with Crippen molar-refractivity contribution in [2.24, 2.45) is 11.8 Å². The van der Waals surface area contributed by atoms with Gasteiger partial charge in [-0.1, -0.05) is 33.6 Å². The summed E-state index contributed by atoms with van der Waals surface area (Å²) in [5, 5.41) is 0. The predicted molar refractivity (Wildman–Crippen MR) is 88.3 cm³/mol. The molecule has 21 heavy (non-hydrogen) atoms. The van der Waals surface area contributed by atoms with Crippen LogP contribution in [0.25, 0.3) is 0 Å². The summed E-state index contributed by atoms with van der Waals surface area (Å²) in [6, 6.07) is 2.60. The van der Waals surface area contributed by atoms with Crippen LogP contribution in [-0.4, -0.2) is 22.6 Å². The number of nitrogens with one attached hydrogen (secondary N) is 1. The molecular weight excluding hydrogens is 262 g/mol. The molecule has 0 unspecified atom stereocenters. The van der Waals surface area contributed by atoms with Crippen molar-refractivity contribution in [1.82, 2.24) is 9.97 Å². The van der Waals surface area contributed by atoms with Gasteiger partial charge < -0.3 is 10.3 Å². The lowest BCUT2D eigenvalue weighted by molar-refractivity contribution is 0.524. The maximum Gasteiger partial charge on any atom is 0.145 e. The number of hydrogen-bond acceptors (Lipinski definition) is 5. The summed E-state index contributed by atoms with van der Waals surface area (Å²) in [5.41, 5.74) is 2.67. The average Bonchev–Trinajstić information content (AvgIpc) is 3.00. The first-order valence-electron chi connectivity index (χ1n) is 8.25. The third kappa shape index (κ3) is 4.30. The Bertz CT molecular complexity index is 418. The number of anilines is 2. The minimum atomic E-state index is 0.619. The second-order valence-electron chi connectivity index (χ2n) is 6.34. The molecule has 0 spiro atoms. The van der Waals surface area contributed by atoms with Gasteiger partial charge in [-0.25, -0.2) is 15.8 Å². The standard InChI is InChI=1S/C16H29N5/c1-4-14-18-15(20-17)11-16(19-14)21(10-9-12(2)3)13-7-5-6-8-13/h11-13H,4-10,17H2,1-3H3,(H,18,19,20). The lowest BCUT2D eigenvalue weighted by Gasteiger charge is -2.31. The first kappa shape index (κ1) is 16.0. The van der Waals surface area contributed by atoms with Gasteiger partial charge in [0.1, 0.15) is 17.5 Å². The molecule has 5 nitrogen and oxygen atoms in total. The Labute approximate surface area is 128 Å². The highest BCUT2D eigenvalue weighted by Crippen LogP contribution is 2.29. The predicted octanol–water partition coefficient (Wildman–Crippen LogP) is 3.12. The van der Waals surface area contributed by atoms with Crippen molar-refractivity contribution >= 4 is 11.6 Å². The molecule has 3 N–H and O–H groups in total. The monoisotopic (exact) mass is 291 g/mol. The van der Waals surface area contributed by atoms with Crippen LogP contribution in [0.2, 0.25) is 0 Å². The van der Waals surface area contributed by atoms with E-state index < -0.39 is 0 Å². The van der Waals surface area contributed by atoms with E-state index in [9.17, 15) is 0 Å². The Morgan fingerprint density at radius 2 is 2.05 bits per heavy atom. The molecule has 1 heterocycles. The molecule has 0 atom stereocenters. The van der Waals surface area contributed by atoms with Crippen LogP contribution in [-0.2, 0) is 6.42 Å². The number of rotatable bonds is 7. The van der Waals surface area contributed by atoms with Crippen molar-refractivity contribution in [1.29, 1.82) is 0 Å². The zero-order chi connectivity index (χ0) is 15.2. The van der Waals surface area contributed by atoms with E-state index in [1.165, 1.54) is 32.1 Å². The number of aromatic nitrogens is 2. The van der Waals surface area contributed by atoms with Crippen molar-refractivity contribution < 1.29 is 0 Å². The lowest BCUT2D eigenvalue weighted by atomic mass is 10.1. The maximum absolute atomic E-state index is 5.56. The first-order chi connectivity index (χ1) is 10.1. The Morgan fingerprint density at radius 1 is 1.33 bits per heavy atom. The zero-order valence-corrected chi connectivity index (χ0v) is 13.6. The highest BCUT2D eigenvalue weighted by molar-refractivity contribution is 5.49. The summed E-state index contributed by atoms with van der Waals surface area (Å²) in [6.45, 7) is 7.69. The molecule has 0 aromatic carbocycles. The first-order valence-corrected chi connectivity index (χ1v) is 8.25. The highest BCUT2D eigenvalue weighted by atomic mass is 15.3. The van der Waals surface area contributed by atoms with E-state index in [1.807, 2.05) is 6.07 Å². The highest BCUT2D eigenvalue weighted by Gasteiger charge is 2.24. The second kappa shape index (κ2) is 7.59. The van der Waals surface area contributed by atoms with Crippen LogP contribution >= 0.6 is 0 Å². The van der Waals surface area contributed by atoms with E-state index in [2.05, 4.69) is 36.1 Å². The molecule has 0 bridgehead atoms. The number of nitrogens with two attached hydrogens (primary N) is 1. The Morgan fingerprint density at radius 3 is 2.62 bits per heavy atom. The Kier molecular flexibility index (Phi) is 5.79. The SMILES string of the molecule is CCc1nc(NN)cc(N(CCC(C)C)C2CCCC2)n1. The fourth-order valence-electron chi connectivity index (χ4n) is 2.96. The molecule has 1 fully saturated rings. The summed E-state index contributed by atoms with van der Waals surface area (Å²) in [5.74, 6) is 8.86. The second-order valence-corrected chi connectivity index (χ2v) is 6.34. The minimum Gasteiger partial charge on any atom is -0.353 e. The number of aryl methyl sites for hydroxylation is 1. The van der Waals surface area contributed by atoms with Gasteiger partial charge in [0.15, 0.2) is 0 Å². The van der Waals surface area contributed by atoms with E-state index >= 15 is 0 Å². The van der Waals surface area contributed by atoms with E-state index in [1.54, 1.807) is 0 Å². The van der Waals surface area contributed by atoms with Gasteiger partial charge in [-0.15, -0.1) is 0 Å². The largest absolute Gasteiger partial charge is 0.353 e. The Hall–Kier alpha value is -1.36. The molecule has 0 amide bonds. The summed E-state index contributed by atoms with van der Waals surface area (Å²) in [6.07, 6.45) is 7.22. The fourth-order valence-corrected chi connectivity index (χ4v) is 2.96. The van der Waals surface area contributed by atoms with Crippen LogP contribution in [0.3, 0.4) is 0 Å². The molecule has 0 aliphatic heterocycles. The number of hydrazine groups is 1. The molecule has 0 saturated heterocycles. The van der Waals surface area contributed by atoms with Crippen LogP contribution in [0.5, 0.6) is 0 Å². The minimum absolute atomic E-state index is 0.619. The molecular formula is C16H29N5. The van der Waals surface area contributed by atoms with Gasteiger partial charge in [0, 0.05) is 25.1 Å². The van der Waals surface area contributed by atoms with E-state index in [4.69, 9.17) is 10.8 Å². The summed E-state index contributed by atoms with van der Waals surface area (Å²) in [7, 11) is 0. The van der Waals surface area contributed by atoms with Crippen molar-refractivity contribution in [3.05, 3.63) is 11.9 Å². The van der Waals surface area contributed by atoms with Gasteiger partial charge in [0.05, 0.1) is 0 Å². The van der Waals surface area contributed by atoms with Crippen molar-refractivity contribution in [2.45, 2.75) is 65.3 Å². The van der Waals surface area contributed by atoms with Crippen molar-refractivity contribution in [2.75, 3.05) is 16.9 Å². The molecule has 118 valence electrons. The summed E-state index contributed by atoms with van der Waals surface area (Å²) < 4.78 is 0. The van der Waals surface area contributed by atoms with E-state index in [0.29, 0.717) is 17.8 Å². The van der Waals surface area contributed by atoms with Crippen LogP contribution in [0.15, 0.2) is 6.07 Å².